The van der Waals surface area contributed by atoms with Crippen LogP contribution in [0.3, 0.4) is 0 Å². The second-order valence-corrected chi connectivity index (χ2v) is 10.4. The molecule has 1 heteroatoms. The second kappa shape index (κ2) is 7.15. The molecule has 0 N–H and O–H groups in total. The van der Waals surface area contributed by atoms with Gasteiger partial charge in [0.1, 0.15) is 0 Å². The monoisotopic (exact) mass is 460 g/mol. The summed E-state index contributed by atoms with van der Waals surface area (Å²) in [5.41, 5.74) is 10.5. The van der Waals surface area contributed by atoms with Crippen molar-refractivity contribution < 1.29 is 0 Å². The van der Waals surface area contributed by atoms with Crippen molar-refractivity contribution in [2.45, 2.75) is 0 Å². The van der Waals surface area contributed by atoms with E-state index in [0.29, 0.717) is 0 Å². The molecule has 0 amide bonds. The van der Waals surface area contributed by atoms with Crippen LogP contribution in [0.1, 0.15) is 0 Å². The molecule has 7 aromatic rings. The highest BCUT2D eigenvalue weighted by Gasteiger charge is 2.22. The van der Waals surface area contributed by atoms with Crippen molar-refractivity contribution >= 4 is 42.3 Å². The Labute approximate surface area is 207 Å². The summed E-state index contributed by atoms with van der Waals surface area (Å²) in [4.78, 5) is 0. The number of fused-ring (bicyclic) bond motifs is 6. The quantitative estimate of drug-likeness (QED) is 0.241. The van der Waals surface area contributed by atoms with E-state index in [-0.39, 0.29) is 0 Å². The molecule has 1 aliphatic carbocycles. The van der Waals surface area contributed by atoms with Crippen molar-refractivity contribution in [1.29, 1.82) is 0 Å². The lowest BCUT2D eigenvalue weighted by Gasteiger charge is -2.11. The van der Waals surface area contributed by atoms with Gasteiger partial charge in [-0.25, -0.2) is 0 Å². The van der Waals surface area contributed by atoms with Gasteiger partial charge in [0.25, 0.3) is 0 Å². The third-order valence-electron chi connectivity index (χ3n) is 7.45. The standard InChI is InChI=1S/C34H20S/c1-2-7-26-25(6-1)29-10-5-9-28-24(17-18-30(26)34(28)29)22-14-12-21(13-15-22)23-16-19-33-31(20-23)27-8-3-4-11-32(27)35-33/h1-20H. The molecule has 1 heterocycles. The van der Waals surface area contributed by atoms with Gasteiger partial charge in [-0.15, -0.1) is 11.3 Å². The molecule has 0 atom stereocenters. The first kappa shape index (κ1) is 19.1. The predicted molar refractivity (Wildman–Crippen MR) is 152 cm³/mol. The van der Waals surface area contributed by atoms with E-state index in [1.807, 2.05) is 11.3 Å². The van der Waals surface area contributed by atoms with Crippen LogP contribution in [0, 0.1) is 0 Å². The zero-order chi connectivity index (χ0) is 22.9. The molecule has 0 saturated heterocycles. The van der Waals surface area contributed by atoms with Crippen LogP contribution in [0.15, 0.2) is 121 Å². The van der Waals surface area contributed by atoms with E-state index in [1.165, 1.54) is 75.5 Å². The van der Waals surface area contributed by atoms with Crippen LogP contribution in [0.2, 0.25) is 0 Å². The Kier molecular flexibility index (Phi) is 3.91. The van der Waals surface area contributed by atoms with Crippen LogP contribution >= 0.6 is 11.3 Å². The third-order valence-corrected chi connectivity index (χ3v) is 8.61. The maximum absolute atomic E-state index is 2.35. The van der Waals surface area contributed by atoms with Crippen LogP contribution in [0.25, 0.3) is 75.5 Å². The van der Waals surface area contributed by atoms with E-state index < -0.39 is 0 Å². The van der Waals surface area contributed by atoms with Gasteiger partial charge in [0, 0.05) is 20.2 Å². The molecule has 0 aliphatic heterocycles. The van der Waals surface area contributed by atoms with Crippen molar-refractivity contribution in [3.05, 3.63) is 121 Å². The highest BCUT2D eigenvalue weighted by atomic mass is 32.1. The lowest BCUT2D eigenvalue weighted by molar-refractivity contribution is 1.63. The lowest BCUT2D eigenvalue weighted by Crippen LogP contribution is -1.84. The number of thiophene rings is 1. The zero-order valence-corrected chi connectivity index (χ0v) is 19.8. The Bertz CT molecular complexity index is 1910. The SMILES string of the molecule is c1ccc2c(c1)-c1cccc3c(-c4ccc(-c5ccc6sc7ccccc7c6c5)cc4)ccc-2c13. The second-order valence-electron chi connectivity index (χ2n) is 9.32. The van der Waals surface area contributed by atoms with E-state index in [1.54, 1.807) is 0 Å². The average Bonchev–Trinajstić information content (AvgIpc) is 3.46. The number of hydrogen-bond acceptors (Lipinski definition) is 1. The fraction of sp³-hybridized carbons (Fsp3) is 0. The first-order valence-corrected chi connectivity index (χ1v) is 12.8. The van der Waals surface area contributed by atoms with Crippen LogP contribution in [-0.2, 0) is 0 Å². The Morgan fingerprint density at radius 2 is 0.943 bits per heavy atom. The minimum absolute atomic E-state index is 1.25. The molecule has 0 nitrogen and oxygen atoms in total. The fourth-order valence-electron chi connectivity index (χ4n) is 5.81. The average molecular weight is 461 g/mol. The van der Waals surface area contributed by atoms with Crippen molar-refractivity contribution in [3.63, 3.8) is 0 Å². The number of benzene rings is 6. The van der Waals surface area contributed by atoms with Gasteiger partial charge in [-0.1, -0.05) is 103 Å². The number of hydrogen-bond donors (Lipinski definition) is 0. The van der Waals surface area contributed by atoms with Crippen molar-refractivity contribution in [3.8, 4) is 44.5 Å². The molecule has 0 spiro atoms. The lowest BCUT2D eigenvalue weighted by atomic mass is 9.93. The van der Waals surface area contributed by atoms with Gasteiger partial charge < -0.3 is 0 Å². The first-order valence-electron chi connectivity index (χ1n) is 12.0. The molecule has 35 heavy (non-hydrogen) atoms. The predicted octanol–water partition coefficient (Wildman–Crippen LogP) is 10.2. The highest BCUT2D eigenvalue weighted by Crippen LogP contribution is 2.49. The van der Waals surface area contributed by atoms with Crippen molar-refractivity contribution in [1.82, 2.24) is 0 Å². The van der Waals surface area contributed by atoms with Gasteiger partial charge >= 0.3 is 0 Å². The molecule has 0 unspecified atom stereocenters. The summed E-state index contributed by atoms with van der Waals surface area (Å²) in [6.45, 7) is 0. The summed E-state index contributed by atoms with van der Waals surface area (Å²) in [5.74, 6) is 0. The molecule has 6 aromatic carbocycles. The minimum atomic E-state index is 1.25. The molecular formula is C34H20S. The summed E-state index contributed by atoms with van der Waals surface area (Å²) in [6, 6.07) is 44.7. The highest BCUT2D eigenvalue weighted by molar-refractivity contribution is 7.25. The maximum atomic E-state index is 2.35. The van der Waals surface area contributed by atoms with Crippen LogP contribution in [-0.4, -0.2) is 0 Å². The van der Waals surface area contributed by atoms with E-state index in [9.17, 15) is 0 Å². The number of rotatable bonds is 2. The largest absolute Gasteiger partial charge is 0.135 e. The van der Waals surface area contributed by atoms with Crippen molar-refractivity contribution in [2.24, 2.45) is 0 Å². The topological polar surface area (TPSA) is 0 Å². The summed E-state index contributed by atoms with van der Waals surface area (Å²) in [6.07, 6.45) is 0. The van der Waals surface area contributed by atoms with Gasteiger partial charge in [-0.05, 0) is 73.5 Å². The van der Waals surface area contributed by atoms with Crippen LogP contribution < -0.4 is 0 Å². The summed E-state index contributed by atoms with van der Waals surface area (Å²) >= 11 is 1.87. The molecule has 162 valence electrons. The normalized spacial score (nSPS) is 12.0. The smallest absolute Gasteiger partial charge is 0.0355 e. The molecule has 0 radical (unpaired) electrons. The molecule has 0 saturated carbocycles. The Morgan fingerprint density at radius 1 is 0.343 bits per heavy atom. The molecule has 8 rings (SSSR count). The Hall–Kier alpha value is -4.20. The van der Waals surface area contributed by atoms with E-state index in [0.717, 1.165) is 0 Å². The molecule has 1 aliphatic rings. The van der Waals surface area contributed by atoms with Crippen LogP contribution in [0.5, 0.6) is 0 Å². The fourth-order valence-corrected chi connectivity index (χ4v) is 6.89. The van der Waals surface area contributed by atoms with Crippen LogP contribution in [0.4, 0.5) is 0 Å². The molecule has 0 fully saturated rings. The molecule has 1 aromatic heterocycles. The molecular weight excluding hydrogens is 440 g/mol. The molecule has 0 bridgehead atoms. The van der Waals surface area contributed by atoms with Gasteiger partial charge in [0.05, 0.1) is 0 Å². The maximum Gasteiger partial charge on any atom is 0.0355 e. The van der Waals surface area contributed by atoms with E-state index in [2.05, 4.69) is 121 Å². The van der Waals surface area contributed by atoms with Gasteiger partial charge in [0.2, 0.25) is 0 Å². The third kappa shape index (κ3) is 2.73. The van der Waals surface area contributed by atoms with Crippen molar-refractivity contribution in [2.75, 3.05) is 0 Å². The van der Waals surface area contributed by atoms with Gasteiger partial charge in [-0.3, -0.25) is 0 Å². The summed E-state index contributed by atoms with van der Waals surface area (Å²) in [5, 5.41) is 5.40. The van der Waals surface area contributed by atoms with Gasteiger partial charge in [0.15, 0.2) is 0 Å². The Morgan fingerprint density at radius 3 is 1.80 bits per heavy atom. The van der Waals surface area contributed by atoms with Gasteiger partial charge in [-0.2, -0.15) is 0 Å². The minimum Gasteiger partial charge on any atom is -0.135 e. The first-order chi connectivity index (χ1) is 17.3. The van der Waals surface area contributed by atoms with E-state index in [4.69, 9.17) is 0 Å². The van der Waals surface area contributed by atoms with E-state index >= 15 is 0 Å². The zero-order valence-electron chi connectivity index (χ0n) is 19.0. The Balaban J connectivity index is 1.24. The summed E-state index contributed by atoms with van der Waals surface area (Å²) < 4.78 is 2.70. The summed E-state index contributed by atoms with van der Waals surface area (Å²) in [7, 11) is 0.